The Morgan fingerprint density at radius 1 is 0.966 bits per heavy atom. The number of amides is 2. The van der Waals surface area contributed by atoms with Crippen molar-refractivity contribution in [3.8, 4) is 0 Å². The van der Waals surface area contributed by atoms with E-state index in [1.165, 1.54) is 0 Å². The van der Waals surface area contributed by atoms with E-state index in [4.69, 9.17) is 0 Å². The molecule has 1 atom stereocenters. The first-order valence-corrected chi connectivity index (χ1v) is 10.5. The van der Waals surface area contributed by atoms with Crippen molar-refractivity contribution in [2.75, 3.05) is 16.0 Å². The topological polar surface area (TPSA) is 49.4 Å². The number of hydrogen-bond acceptors (Lipinski definition) is 3. The van der Waals surface area contributed by atoms with Gasteiger partial charge in [0.15, 0.2) is 0 Å². The first kappa shape index (κ1) is 19.3. The molecule has 1 saturated heterocycles. The molecule has 3 aromatic rings. The van der Waals surface area contributed by atoms with Crippen LogP contribution in [0.4, 0.5) is 11.4 Å². The quantitative estimate of drug-likeness (QED) is 0.641. The monoisotopic (exact) mass is 402 g/mol. The Hall–Kier alpha value is -3.05. The van der Waals surface area contributed by atoms with Gasteiger partial charge >= 0.3 is 0 Å². The van der Waals surface area contributed by atoms with Crippen molar-refractivity contribution in [2.24, 2.45) is 0 Å². The van der Waals surface area contributed by atoms with Crippen LogP contribution in [0.25, 0.3) is 0 Å². The minimum atomic E-state index is -0.146. The standard InChI is InChI=1S/C24H22N2O2S/c1-16-6-10-18(11-7-16)23(28)25-20-5-3-4-19(14-20)24-26(22(27)15-29-24)21-12-8-17(2)9-13-21/h3-14,24H,15H2,1-2H3,(H,25,28)/t24-/m0/s1. The predicted molar refractivity (Wildman–Crippen MR) is 119 cm³/mol. The number of aryl methyl sites for hydroxylation is 2. The highest BCUT2D eigenvalue weighted by Gasteiger charge is 2.34. The maximum Gasteiger partial charge on any atom is 0.255 e. The molecule has 0 aromatic heterocycles. The molecule has 1 aliphatic heterocycles. The summed E-state index contributed by atoms with van der Waals surface area (Å²) in [5.41, 5.74) is 5.49. The zero-order valence-corrected chi connectivity index (χ0v) is 17.2. The zero-order valence-electron chi connectivity index (χ0n) is 16.4. The van der Waals surface area contributed by atoms with Crippen molar-refractivity contribution in [3.05, 3.63) is 95.1 Å². The molecule has 146 valence electrons. The van der Waals surface area contributed by atoms with E-state index >= 15 is 0 Å². The summed E-state index contributed by atoms with van der Waals surface area (Å²) in [5.74, 6) is 0.393. The predicted octanol–water partition coefficient (Wildman–Crippen LogP) is 5.33. The highest BCUT2D eigenvalue weighted by atomic mass is 32.2. The molecule has 0 unspecified atom stereocenters. The molecular formula is C24H22N2O2S. The van der Waals surface area contributed by atoms with E-state index in [0.717, 1.165) is 28.1 Å². The number of benzene rings is 3. The Morgan fingerprint density at radius 2 is 1.62 bits per heavy atom. The fourth-order valence-corrected chi connectivity index (χ4v) is 4.50. The van der Waals surface area contributed by atoms with Gasteiger partial charge in [-0.05, 0) is 55.8 Å². The van der Waals surface area contributed by atoms with Crippen molar-refractivity contribution < 1.29 is 9.59 Å². The molecule has 2 amide bonds. The number of thioether (sulfide) groups is 1. The van der Waals surface area contributed by atoms with E-state index in [-0.39, 0.29) is 17.2 Å². The van der Waals surface area contributed by atoms with Crippen molar-refractivity contribution in [3.63, 3.8) is 0 Å². The van der Waals surface area contributed by atoms with E-state index in [1.54, 1.807) is 11.8 Å². The molecular weight excluding hydrogens is 380 g/mol. The van der Waals surface area contributed by atoms with Crippen LogP contribution in [0.5, 0.6) is 0 Å². The van der Waals surface area contributed by atoms with Gasteiger partial charge in [-0.1, -0.05) is 47.5 Å². The summed E-state index contributed by atoms with van der Waals surface area (Å²) in [7, 11) is 0. The number of nitrogens with zero attached hydrogens (tertiary/aromatic N) is 1. The molecule has 4 nitrogen and oxygen atoms in total. The molecule has 3 aromatic carbocycles. The molecule has 0 radical (unpaired) electrons. The van der Waals surface area contributed by atoms with Crippen LogP contribution in [0.15, 0.2) is 72.8 Å². The molecule has 0 bridgehead atoms. The van der Waals surface area contributed by atoms with Crippen LogP contribution in [0, 0.1) is 13.8 Å². The van der Waals surface area contributed by atoms with E-state index < -0.39 is 0 Å². The van der Waals surface area contributed by atoms with Crippen LogP contribution < -0.4 is 10.2 Å². The second kappa shape index (κ2) is 8.13. The van der Waals surface area contributed by atoms with Crippen LogP contribution in [0.1, 0.15) is 32.4 Å². The second-order valence-electron chi connectivity index (χ2n) is 7.21. The minimum absolute atomic E-state index is 0.0953. The molecule has 0 aliphatic carbocycles. The third-order valence-electron chi connectivity index (χ3n) is 4.92. The first-order valence-electron chi connectivity index (χ1n) is 9.49. The Labute approximate surface area is 174 Å². The number of anilines is 2. The highest BCUT2D eigenvalue weighted by molar-refractivity contribution is 8.00. The number of carbonyl (C=O) groups excluding carboxylic acids is 2. The number of nitrogens with one attached hydrogen (secondary N) is 1. The Bertz CT molecular complexity index is 1050. The van der Waals surface area contributed by atoms with Crippen molar-refractivity contribution >= 4 is 35.0 Å². The summed E-state index contributed by atoms with van der Waals surface area (Å²) in [6, 6.07) is 23.2. The van der Waals surface area contributed by atoms with Gasteiger partial charge in [-0.15, -0.1) is 11.8 Å². The molecule has 1 heterocycles. The molecule has 29 heavy (non-hydrogen) atoms. The van der Waals surface area contributed by atoms with Crippen LogP contribution in [0.2, 0.25) is 0 Å². The number of hydrogen-bond donors (Lipinski definition) is 1. The molecule has 1 N–H and O–H groups in total. The lowest BCUT2D eigenvalue weighted by molar-refractivity contribution is -0.115. The fraction of sp³-hybridized carbons (Fsp3) is 0.167. The number of carbonyl (C=O) groups is 2. The maximum atomic E-state index is 12.6. The third-order valence-corrected chi connectivity index (χ3v) is 6.14. The third kappa shape index (κ3) is 4.20. The van der Waals surface area contributed by atoms with Crippen molar-refractivity contribution in [1.82, 2.24) is 0 Å². The second-order valence-corrected chi connectivity index (χ2v) is 8.28. The summed E-state index contributed by atoms with van der Waals surface area (Å²) < 4.78 is 0. The Morgan fingerprint density at radius 3 is 2.31 bits per heavy atom. The molecule has 0 saturated carbocycles. The lowest BCUT2D eigenvalue weighted by Gasteiger charge is -2.25. The van der Waals surface area contributed by atoms with Gasteiger partial charge in [-0.3, -0.25) is 14.5 Å². The summed E-state index contributed by atoms with van der Waals surface area (Å²) in [5, 5.41) is 2.85. The average molecular weight is 403 g/mol. The van der Waals surface area contributed by atoms with Crippen molar-refractivity contribution in [2.45, 2.75) is 19.2 Å². The van der Waals surface area contributed by atoms with Gasteiger partial charge in [-0.25, -0.2) is 0 Å². The molecule has 1 aliphatic rings. The average Bonchev–Trinajstić information content (AvgIpc) is 3.11. The van der Waals surface area contributed by atoms with Crippen molar-refractivity contribution in [1.29, 1.82) is 0 Å². The largest absolute Gasteiger partial charge is 0.322 e. The highest BCUT2D eigenvalue weighted by Crippen LogP contribution is 2.42. The summed E-state index contributed by atoms with van der Waals surface area (Å²) in [6.45, 7) is 4.02. The molecule has 5 heteroatoms. The summed E-state index contributed by atoms with van der Waals surface area (Å²) in [6.07, 6.45) is 0. The van der Waals surface area contributed by atoms with Gasteiger partial charge in [-0.2, -0.15) is 0 Å². The van der Waals surface area contributed by atoms with Gasteiger partial charge in [0, 0.05) is 16.9 Å². The summed E-state index contributed by atoms with van der Waals surface area (Å²) >= 11 is 1.60. The number of rotatable bonds is 4. The van der Waals surface area contributed by atoms with E-state index in [9.17, 15) is 9.59 Å². The van der Waals surface area contributed by atoms with E-state index in [2.05, 4.69) is 5.32 Å². The summed E-state index contributed by atoms with van der Waals surface area (Å²) in [4.78, 5) is 26.9. The normalized spacial score (nSPS) is 16.1. The SMILES string of the molecule is Cc1ccc(C(=O)Nc2cccc([C@@H]3SCC(=O)N3c3ccc(C)cc3)c2)cc1. The molecule has 1 fully saturated rings. The van der Waals surface area contributed by atoms with Gasteiger partial charge in [0.25, 0.3) is 5.91 Å². The lowest BCUT2D eigenvalue weighted by Crippen LogP contribution is -2.27. The Balaban J connectivity index is 1.57. The van der Waals surface area contributed by atoms with Gasteiger partial charge < -0.3 is 5.32 Å². The van der Waals surface area contributed by atoms with Crippen LogP contribution in [-0.4, -0.2) is 17.6 Å². The minimum Gasteiger partial charge on any atom is -0.322 e. The first-order chi connectivity index (χ1) is 14.0. The van der Waals surface area contributed by atoms with Gasteiger partial charge in [0.2, 0.25) is 5.91 Å². The maximum absolute atomic E-state index is 12.6. The zero-order chi connectivity index (χ0) is 20.4. The lowest BCUT2D eigenvalue weighted by atomic mass is 10.1. The van der Waals surface area contributed by atoms with Crippen LogP contribution >= 0.6 is 11.8 Å². The van der Waals surface area contributed by atoms with Crippen LogP contribution in [0.3, 0.4) is 0 Å². The Kier molecular flexibility index (Phi) is 5.41. The smallest absolute Gasteiger partial charge is 0.255 e. The van der Waals surface area contributed by atoms with Gasteiger partial charge in [0.1, 0.15) is 5.37 Å². The van der Waals surface area contributed by atoms with Gasteiger partial charge in [0.05, 0.1) is 5.75 Å². The van der Waals surface area contributed by atoms with E-state index in [0.29, 0.717) is 11.3 Å². The van der Waals surface area contributed by atoms with E-state index in [1.807, 2.05) is 91.5 Å². The van der Waals surface area contributed by atoms with Crippen LogP contribution in [-0.2, 0) is 4.79 Å². The molecule has 4 rings (SSSR count). The fourth-order valence-electron chi connectivity index (χ4n) is 3.33. The molecule has 0 spiro atoms.